The Morgan fingerprint density at radius 3 is 1.94 bits per heavy atom. The molecule has 1 nitrogen and oxygen atoms in total. The Hall–Kier alpha value is -2.46. The number of hydrogen-bond donors (Lipinski definition) is 0. The Kier molecular flexibility index (Phi) is 9.32. The largest absolute Gasteiger partial charge is 0.494 e. The van der Waals surface area contributed by atoms with Crippen molar-refractivity contribution in [2.24, 2.45) is 11.8 Å². The molecule has 0 aliphatic heterocycles. The summed E-state index contributed by atoms with van der Waals surface area (Å²) in [7, 11) is 0. The number of benzene rings is 2. The number of ether oxygens (including phenoxy) is 1. The van der Waals surface area contributed by atoms with Crippen LogP contribution >= 0.6 is 0 Å². The summed E-state index contributed by atoms with van der Waals surface area (Å²) in [5.74, 6) is 10.7. The molecule has 2 fully saturated rings. The zero-order chi connectivity index (χ0) is 23.6. The Morgan fingerprint density at radius 1 is 0.765 bits per heavy atom. The number of allylic oxidation sites excluding steroid dienone is 2. The van der Waals surface area contributed by atoms with Crippen molar-refractivity contribution in [3.05, 3.63) is 77.4 Å². The van der Waals surface area contributed by atoms with Crippen LogP contribution in [0.4, 0.5) is 0 Å². The van der Waals surface area contributed by atoms with Gasteiger partial charge in [0.15, 0.2) is 0 Å². The first kappa shape index (κ1) is 24.7. The minimum absolute atomic E-state index is 0.665. The molecule has 0 radical (unpaired) electrons. The highest BCUT2D eigenvalue weighted by molar-refractivity contribution is 5.39. The van der Waals surface area contributed by atoms with Crippen molar-refractivity contribution in [2.75, 3.05) is 6.61 Å². The number of rotatable bonds is 7. The molecule has 0 aromatic heterocycles. The molecule has 2 aromatic rings. The Bertz CT molecular complexity index is 940. The molecule has 1 heteroatoms. The van der Waals surface area contributed by atoms with Gasteiger partial charge in [-0.05, 0) is 123 Å². The van der Waals surface area contributed by atoms with Gasteiger partial charge in [-0.25, -0.2) is 0 Å². The van der Waals surface area contributed by atoms with Gasteiger partial charge < -0.3 is 4.74 Å². The highest BCUT2D eigenvalue weighted by Gasteiger charge is 2.22. The predicted molar refractivity (Wildman–Crippen MR) is 144 cm³/mol. The molecule has 180 valence electrons. The molecule has 2 aliphatic rings. The van der Waals surface area contributed by atoms with Gasteiger partial charge in [0.25, 0.3) is 0 Å². The molecule has 2 aromatic carbocycles. The first-order valence-electron chi connectivity index (χ1n) is 13.8. The summed E-state index contributed by atoms with van der Waals surface area (Å²) in [6.45, 7) is 5.27. The quantitative estimate of drug-likeness (QED) is 0.379. The third-order valence-corrected chi connectivity index (χ3v) is 8.07. The summed E-state index contributed by atoms with van der Waals surface area (Å²) in [4.78, 5) is 0. The van der Waals surface area contributed by atoms with Crippen LogP contribution in [0.5, 0.6) is 5.75 Å². The molecule has 2 aliphatic carbocycles. The fourth-order valence-corrected chi connectivity index (χ4v) is 5.75. The molecule has 0 unspecified atom stereocenters. The van der Waals surface area contributed by atoms with E-state index in [0.29, 0.717) is 11.8 Å². The van der Waals surface area contributed by atoms with E-state index in [1.807, 2.05) is 0 Å². The normalized spacial score (nSPS) is 25.0. The topological polar surface area (TPSA) is 9.23 Å². The zero-order valence-electron chi connectivity index (χ0n) is 21.3. The summed E-state index contributed by atoms with van der Waals surface area (Å²) < 4.78 is 5.72. The van der Waals surface area contributed by atoms with Gasteiger partial charge in [0.05, 0.1) is 6.61 Å². The Morgan fingerprint density at radius 2 is 1.35 bits per heavy atom. The second-order valence-electron chi connectivity index (χ2n) is 10.4. The van der Waals surface area contributed by atoms with E-state index in [-0.39, 0.29) is 0 Å². The maximum atomic E-state index is 5.72. The monoisotopic (exact) mass is 454 g/mol. The summed E-state index contributed by atoms with van der Waals surface area (Å²) >= 11 is 0. The van der Waals surface area contributed by atoms with Crippen LogP contribution in [0, 0.1) is 23.7 Å². The lowest BCUT2D eigenvalue weighted by molar-refractivity contribution is 0.317. The Balaban J connectivity index is 1.21. The van der Waals surface area contributed by atoms with Crippen LogP contribution in [0.1, 0.15) is 107 Å². The molecule has 0 saturated heterocycles. The molecule has 0 bridgehead atoms. The van der Waals surface area contributed by atoms with Crippen LogP contribution in [0.15, 0.2) is 60.7 Å². The van der Waals surface area contributed by atoms with Crippen molar-refractivity contribution in [1.82, 2.24) is 0 Å². The molecular weight excluding hydrogens is 412 g/mol. The van der Waals surface area contributed by atoms with E-state index < -0.39 is 0 Å². The first-order chi connectivity index (χ1) is 16.7. The smallest absolute Gasteiger partial charge is 0.119 e. The summed E-state index contributed by atoms with van der Waals surface area (Å²) in [5, 5.41) is 0. The minimum Gasteiger partial charge on any atom is -0.494 e. The van der Waals surface area contributed by atoms with E-state index in [1.54, 1.807) is 0 Å². The maximum Gasteiger partial charge on any atom is 0.119 e. The highest BCUT2D eigenvalue weighted by atomic mass is 16.5. The second kappa shape index (κ2) is 12.9. The SMILES string of the molecule is CCCOc1ccc([C@H]2CC[C@H](C=CC#Cc3ccc([C@H]4CC[C@H](CC)CC4)cc3)CC2)cc1. The maximum absolute atomic E-state index is 5.72. The lowest BCUT2D eigenvalue weighted by Crippen LogP contribution is -2.12. The summed E-state index contributed by atoms with van der Waals surface area (Å²) in [5.41, 5.74) is 4.11. The fourth-order valence-electron chi connectivity index (χ4n) is 5.75. The van der Waals surface area contributed by atoms with Gasteiger partial charge >= 0.3 is 0 Å². The van der Waals surface area contributed by atoms with Gasteiger partial charge in [-0.15, -0.1) is 0 Å². The molecule has 0 amide bonds. The van der Waals surface area contributed by atoms with Gasteiger partial charge in [0, 0.05) is 5.56 Å². The lowest BCUT2D eigenvalue weighted by Gasteiger charge is -2.28. The van der Waals surface area contributed by atoms with Crippen LogP contribution < -0.4 is 4.74 Å². The van der Waals surface area contributed by atoms with E-state index in [0.717, 1.165) is 36.2 Å². The molecule has 0 heterocycles. The first-order valence-corrected chi connectivity index (χ1v) is 13.8. The van der Waals surface area contributed by atoms with Crippen LogP contribution in [0.2, 0.25) is 0 Å². The summed E-state index contributed by atoms with van der Waals surface area (Å²) in [6.07, 6.45) is 17.4. The van der Waals surface area contributed by atoms with E-state index >= 15 is 0 Å². The molecule has 0 N–H and O–H groups in total. The molecule has 4 rings (SSSR count). The van der Waals surface area contributed by atoms with Gasteiger partial charge in [-0.2, -0.15) is 0 Å². The average molecular weight is 455 g/mol. The predicted octanol–water partition coefficient (Wildman–Crippen LogP) is 9.04. The van der Waals surface area contributed by atoms with E-state index in [9.17, 15) is 0 Å². The molecule has 0 spiro atoms. The van der Waals surface area contributed by atoms with E-state index in [1.165, 1.54) is 68.9 Å². The average Bonchev–Trinajstić information content (AvgIpc) is 2.91. The molecule has 2 saturated carbocycles. The second-order valence-corrected chi connectivity index (χ2v) is 10.4. The van der Waals surface area contributed by atoms with Gasteiger partial charge in [-0.3, -0.25) is 0 Å². The minimum atomic E-state index is 0.665. The van der Waals surface area contributed by atoms with Crippen LogP contribution in [-0.2, 0) is 0 Å². The van der Waals surface area contributed by atoms with Gasteiger partial charge in [-0.1, -0.05) is 62.5 Å². The van der Waals surface area contributed by atoms with Crippen molar-refractivity contribution in [2.45, 2.75) is 89.9 Å². The van der Waals surface area contributed by atoms with Crippen LogP contribution in [0.25, 0.3) is 0 Å². The van der Waals surface area contributed by atoms with Gasteiger partial charge in [0.2, 0.25) is 0 Å². The Labute approximate surface area is 208 Å². The van der Waals surface area contributed by atoms with E-state index in [4.69, 9.17) is 4.74 Å². The number of hydrogen-bond acceptors (Lipinski definition) is 1. The molecule has 34 heavy (non-hydrogen) atoms. The summed E-state index contributed by atoms with van der Waals surface area (Å²) in [6, 6.07) is 17.9. The third kappa shape index (κ3) is 7.02. The van der Waals surface area contributed by atoms with Crippen molar-refractivity contribution in [1.29, 1.82) is 0 Å². The lowest BCUT2D eigenvalue weighted by atomic mass is 9.78. The van der Waals surface area contributed by atoms with E-state index in [2.05, 4.69) is 86.4 Å². The molecular formula is C33H42O. The standard InChI is InChI=1S/C33H42O/c1-3-25-34-33-23-21-32(22-24-33)31-19-13-28(14-20-31)8-6-5-7-27-11-17-30(18-12-27)29-15-9-26(4-2)10-16-29/h6,8,11-12,17-18,21-24,26,28-29,31H,3-4,9-10,13-16,19-20,25H2,1-2H3/t26-,28-,29-,31-. The fraction of sp³-hybridized carbons (Fsp3) is 0.515. The zero-order valence-corrected chi connectivity index (χ0v) is 21.3. The van der Waals surface area contributed by atoms with Crippen molar-refractivity contribution < 1.29 is 4.74 Å². The van der Waals surface area contributed by atoms with Crippen LogP contribution in [-0.4, -0.2) is 6.61 Å². The third-order valence-electron chi connectivity index (χ3n) is 8.07. The van der Waals surface area contributed by atoms with Crippen molar-refractivity contribution in [3.63, 3.8) is 0 Å². The van der Waals surface area contributed by atoms with Crippen molar-refractivity contribution >= 4 is 0 Å². The molecule has 0 atom stereocenters. The highest BCUT2D eigenvalue weighted by Crippen LogP contribution is 2.38. The van der Waals surface area contributed by atoms with Crippen molar-refractivity contribution in [3.8, 4) is 17.6 Å². The van der Waals surface area contributed by atoms with Gasteiger partial charge in [0.1, 0.15) is 5.75 Å². The van der Waals surface area contributed by atoms with Crippen LogP contribution in [0.3, 0.4) is 0 Å².